The van der Waals surface area contributed by atoms with Crippen molar-refractivity contribution in [1.29, 1.82) is 0 Å². The number of anilines is 1. The topological polar surface area (TPSA) is 95.9 Å². The Morgan fingerprint density at radius 2 is 2.15 bits per heavy atom. The molecule has 2 heterocycles. The second-order valence-electron chi connectivity index (χ2n) is 7.25. The van der Waals surface area contributed by atoms with Gasteiger partial charge in [-0.1, -0.05) is 0 Å². The summed E-state index contributed by atoms with van der Waals surface area (Å²) in [7, 11) is 0. The van der Waals surface area contributed by atoms with Crippen molar-refractivity contribution in [3.05, 3.63) is 23.8 Å². The first-order valence-corrected chi connectivity index (χ1v) is 8.94. The zero-order chi connectivity index (χ0) is 18.7. The van der Waals surface area contributed by atoms with Gasteiger partial charge in [0.25, 0.3) is 0 Å². The van der Waals surface area contributed by atoms with E-state index in [0.717, 1.165) is 17.0 Å². The summed E-state index contributed by atoms with van der Waals surface area (Å²) >= 11 is 0. The molecule has 2 aliphatic rings. The number of carboxylic acid groups (broad SMARTS) is 1. The number of nitrogens with zero attached hydrogens (tertiary/aromatic N) is 1. The number of nitrogens with one attached hydrogen (secondary N) is 1. The molecule has 7 nitrogen and oxygen atoms in total. The van der Waals surface area contributed by atoms with Crippen LogP contribution in [0.2, 0.25) is 0 Å². The van der Waals surface area contributed by atoms with Crippen LogP contribution in [-0.2, 0) is 20.8 Å². The van der Waals surface area contributed by atoms with Crippen molar-refractivity contribution in [3.8, 4) is 5.75 Å². The van der Waals surface area contributed by atoms with Crippen LogP contribution >= 0.6 is 0 Å². The lowest BCUT2D eigenvalue weighted by molar-refractivity contribution is -0.147. The molecule has 1 aromatic carbocycles. The largest absolute Gasteiger partial charge is 0.494 e. The number of aryl methyl sites for hydroxylation is 1. The average molecular weight is 360 g/mol. The van der Waals surface area contributed by atoms with Crippen LogP contribution in [0.4, 0.5) is 5.69 Å². The minimum atomic E-state index is -0.847. The molecular formula is C19H24N2O5. The Labute approximate surface area is 152 Å². The number of carbonyl (C=O) groups excluding carboxylic acids is 2. The summed E-state index contributed by atoms with van der Waals surface area (Å²) in [6.07, 6.45) is 2.60. The lowest BCUT2D eigenvalue weighted by atomic mass is 9.90. The van der Waals surface area contributed by atoms with Gasteiger partial charge in [-0.2, -0.15) is 0 Å². The Hall–Kier alpha value is -2.57. The van der Waals surface area contributed by atoms with Gasteiger partial charge in [-0.15, -0.1) is 0 Å². The molecular weight excluding hydrogens is 336 g/mol. The molecule has 0 bridgehead atoms. The van der Waals surface area contributed by atoms with Gasteiger partial charge >= 0.3 is 5.97 Å². The highest BCUT2D eigenvalue weighted by molar-refractivity contribution is 5.94. The number of hydrogen-bond acceptors (Lipinski definition) is 4. The van der Waals surface area contributed by atoms with E-state index in [1.54, 1.807) is 11.8 Å². The average Bonchev–Trinajstić information content (AvgIpc) is 3.02. The molecule has 2 N–H and O–H groups in total. The second kappa shape index (κ2) is 7.35. The van der Waals surface area contributed by atoms with Gasteiger partial charge in [0.1, 0.15) is 5.75 Å². The van der Waals surface area contributed by atoms with Crippen LogP contribution in [0.3, 0.4) is 0 Å². The predicted octanol–water partition coefficient (Wildman–Crippen LogP) is 2.05. The van der Waals surface area contributed by atoms with Crippen LogP contribution in [0.25, 0.3) is 0 Å². The van der Waals surface area contributed by atoms with E-state index < -0.39 is 11.4 Å². The normalized spacial score (nSPS) is 21.9. The zero-order valence-corrected chi connectivity index (χ0v) is 14.9. The summed E-state index contributed by atoms with van der Waals surface area (Å²) in [6.45, 7) is 2.88. The highest BCUT2D eigenvalue weighted by atomic mass is 16.5. The lowest BCUT2D eigenvalue weighted by Crippen LogP contribution is -2.34. The van der Waals surface area contributed by atoms with E-state index in [-0.39, 0.29) is 18.4 Å². The number of benzene rings is 1. The third-order valence-electron chi connectivity index (χ3n) is 5.12. The Morgan fingerprint density at radius 3 is 2.88 bits per heavy atom. The molecule has 0 aromatic heterocycles. The smallest absolute Gasteiger partial charge is 0.311 e. The first kappa shape index (κ1) is 18.2. The molecule has 2 amide bonds. The van der Waals surface area contributed by atoms with Gasteiger partial charge in [0.2, 0.25) is 11.8 Å². The molecule has 1 aromatic rings. The van der Waals surface area contributed by atoms with Gasteiger partial charge in [-0.3, -0.25) is 14.4 Å². The zero-order valence-electron chi connectivity index (χ0n) is 14.9. The van der Waals surface area contributed by atoms with Crippen molar-refractivity contribution in [3.63, 3.8) is 0 Å². The molecule has 0 radical (unpaired) electrons. The van der Waals surface area contributed by atoms with E-state index in [4.69, 9.17) is 4.74 Å². The maximum atomic E-state index is 12.2. The van der Waals surface area contributed by atoms with Gasteiger partial charge in [0.15, 0.2) is 0 Å². The van der Waals surface area contributed by atoms with Gasteiger partial charge < -0.3 is 20.1 Å². The van der Waals surface area contributed by atoms with Crippen molar-refractivity contribution in [2.75, 3.05) is 25.0 Å². The van der Waals surface area contributed by atoms with E-state index in [1.807, 2.05) is 18.2 Å². The first-order chi connectivity index (χ1) is 12.4. The number of rotatable bonds is 6. The van der Waals surface area contributed by atoms with Crippen LogP contribution in [0.1, 0.15) is 38.2 Å². The van der Waals surface area contributed by atoms with E-state index in [9.17, 15) is 19.5 Å². The number of carboxylic acids is 1. The third-order valence-corrected chi connectivity index (χ3v) is 5.12. The standard InChI is InChI=1S/C19H24N2O5/c1-19(18(24)25)8-9-21(12-19)17(23)3-2-10-26-14-5-6-15-13(11-14)4-7-16(22)20-15/h5-6,11H,2-4,7-10,12H2,1H3,(H,20,22)(H,24,25). The van der Waals surface area contributed by atoms with Crippen molar-refractivity contribution in [1.82, 2.24) is 4.90 Å². The minimum Gasteiger partial charge on any atom is -0.494 e. The molecule has 0 aliphatic carbocycles. The van der Waals surface area contributed by atoms with Crippen LogP contribution in [0.15, 0.2) is 18.2 Å². The summed E-state index contributed by atoms with van der Waals surface area (Å²) in [6, 6.07) is 5.57. The summed E-state index contributed by atoms with van der Waals surface area (Å²) in [5, 5.41) is 12.1. The molecule has 1 unspecified atom stereocenters. The van der Waals surface area contributed by atoms with Crippen LogP contribution in [0, 0.1) is 5.41 Å². The number of amides is 2. The van der Waals surface area contributed by atoms with Crippen LogP contribution in [-0.4, -0.2) is 47.5 Å². The van der Waals surface area contributed by atoms with Crippen molar-refractivity contribution < 1.29 is 24.2 Å². The highest BCUT2D eigenvalue weighted by Crippen LogP contribution is 2.30. The quantitative estimate of drug-likeness (QED) is 0.757. The van der Waals surface area contributed by atoms with E-state index in [1.165, 1.54) is 0 Å². The van der Waals surface area contributed by atoms with Crippen molar-refractivity contribution in [2.24, 2.45) is 5.41 Å². The molecule has 3 rings (SSSR count). The molecule has 7 heteroatoms. The maximum absolute atomic E-state index is 12.2. The Kier molecular flexibility index (Phi) is 5.15. The van der Waals surface area contributed by atoms with Crippen LogP contribution < -0.4 is 10.1 Å². The fourth-order valence-corrected chi connectivity index (χ4v) is 3.37. The molecule has 2 aliphatic heterocycles. The van der Waals surface area contributed by atoms with Gasteiger partial charge in [0, 0.05) is 31.6 Å². The predicted molar refractivity (Wildman–Crippen MR) is 95.1 cm³/mol. The molecule has 0 saturated carbocycles. The van der Waals surface area contributed by atoms with Gasteiger partial charge in [-0.05, 0) is 49.9 Å². The molecule has 140 valence electrons. The molecule has 0 spiro atoms. The molecule has 26 heavy (non-hydrogen) atoms. The molecule has 1 atom stereocenters. The first-order valence-electron chi connectivity index (χ1n) is 8.94. The lowest BCUT2D eigenvalue weighted by Gasteiger charge is -2.20. The number of hydrogen-bond donors (Lipinski definition) is 2. The Balaban J connectivity index is 1.43. The number of likely N-dealkylation sites (tertiary alicyclic amines) is 1. The SMILES string of the molecule is CC1(C(=O)O)CCN(C(=O)CCCOc2ccc3c(c2)CCC(=O)N3)C1. The highest BCUT2D eigenvalue weighted by Gasteiger charge is 2.41. The number of carbonyl (C=O) groups is 3. The summed E-state index contributed by atoms with van der Waals surface area (Å²) in [5.41, 5.74) is 1.06. The van der Waals surface area contributed by atoms with E-state index in [0.29, 0.717) is 45.3 Å². The van der Waals surface area contributed by atoms with Gasteiger partial charge in [0.05, 0.1) is 12.0 Å². The second-order valence-corrected chi connectivity index (χ2v) is 7.25. The van der Waals surface area contributed by atoms with Crippen LogP contribution in [0.5, 0.6) is 5.75 Å². The minimum absolute atomic E-state index is 0.0215. The Bertz CT molecular complexity index is 733. The molecule has 1 fully saturated rings. The number of fused-ring (bicyclic) bond motifs is 1. The Morgan fingerprint density at radius 1 is 1.35 bits per heavy atom. The summed E-state index contributed by atoms with van der Waals surface area (Å²) in [4.78, 5) is 36.5. The monoisotopic (exact) mass is 360 g/mol. The van der Waals surface area contributed by atoms with Crippen molar-refractivity contribution in [2.45, 2.75) is 39.0 Å². The number of aliphatic carboxylic acids is 1. The summed E-state index contributed by atoms with van der Waals surface area (Å²) in [5.74, 6) is -0.107. The maximum Gasteiger partial charge on any atom is 0.311 e. The third kappa shape index (κ3) is 3.98. The fraction of sp³-hybridized carbons (Fsp3) is 0.526. The fourth-order valence-electron chi connectivity index (χ4n) is 3.37. The van der Waals surface area contributed by atoms with Crippen molar-refractivity contribution >= 4 is 23.5 Å². The number of ether oxygens (including phenoxy) is 1. The van der Waals surface area contributed by atoms with Gasteiger partial charge in [-0.25, -0.2) is 0 Å². The molecule has 1 saturated heterocycles. The van der Waals surface area contributed by atoms with E-state index >= 15 is 0 Å². The van der Waals surface area contributed by atoms with E-state index in [2.05, 4.69) is 5.32 Å². The summed E-state index contributed by atoms with van der Waals surface area (Å²) < 4.78 is 5.71.